The van der Waals surface area contributed by atoms with Gasteiger partial charge in [0.1, 0.15) is 0 Å². The van der Waals surface area contributed by atoms with E-state index in [4.69, 9.17) is 46.4 Å². The van der Waals surface area contributed by atoms with E-state index >= 15 is 0 Å². The van der Waals surface area contributed by atoms with E-state index in [0.717, 1.165) is 0 Å². The average molecular weight is 200 g/mol. The summed E-state index contributed by atoms with van der Waals surface area (Å²) in [6, 6.07) is 0. The van der Waals surface area contributed by atoms with Crippen LogP contribution in [0.25, 0.3) is 0 Å². The van der Waals surface area contributed by atoms with Crippen molar-refractivity contribution >= 4 is 55.6 Å². The van der Waals surface area contributed by atoms with E-state index in [1.54, 1.807) is 0 Å². The molecule has 0 fully saturated rings. The Morgan fingerprint density at radius 2 is 1.43 bits per heavy atom. The second-order valence-corrected chi connectivity index (χ2v) is 4.87. The summed E-state index contributed by atoms with van der Waals surface area (Å²) in [5.74, 6) is 0. The summed E-state index contributed by atoms with van der Waals surface area (Å²) in [5, 5.41) is -0.516. The van der Waals surface area contributed by atoms with E-state index in [-0.39, 0.29) is 0 Å². The summed E-state index contributed by atoms with van der Waals surface area (Å²) in [6.07, 6.45) is 0. The van der Waals surface area contributed by atoms with E-state index in [9.17, 15) is 0 Å². The highest BCUT2D eigenvalue weighted by atomic mass is 35.6. The maximum atomic E-state index is 5.32. The smallest absolute Gasteiger partial charge is 0.114 e. The van der Waals surface area contributed by atoms with E-state index in [0.29, 0.717) is 0 Å². The zero-order chi connectivity index (χ0) is 6.08. The molecule has 0 spiro atoms. The van der Waals surface area contributed by atoms with Gasteiger partial charge in [0, 0.05) is 0 Å². The van der Waals surface area contributed by atoms with Crippen molar-refractivity contribution in [2.24, 2.45) is 0 Å². The quantitative estimate of drug-likeness (QED) is 0.416. The minimum absolute atomic E-state index is 0.516. The lowest BCUT2D eigenvalue weighted by molar-refractivity contribution is 1.21. The van der Waals surface area contributed by atoms with Gasteiger partial charge >= 0.3 is 0 Å². The summed E-state index contributed by atoms with van der Waals surface area (Å²) < 4.78 is -1.35. The van der Waals surface area contributed by atoms with Crippen LogP contribution in [0.4, 0.5) is 0 Å². The highest BCUT2D eigenvalue weighted by Crippen LogP contribution is 2.36. The molecule has 0 N–H and O–H groups in total. The van der Waals surface area contributed by atoms with Crippen LogP contribution in [-0.2, 0) is 0 Å². The van der Waals surface area contributed by atoms with Crippen LogP contribution in [0.2, 0.25) is 0 Å². The minimum Gasteiger partial charge on any atom is -0.114 e. The lowest BCUT2D eigenvalue weighted by atomic mass is 10.9. The Hall–Kier alpha value is 1.59. The molecule has 0 aliphatic heterocycles. The number of rotatable bonds is 0. The zero-order valence-electron chi connectivity index (χ0n) is 3.17. The van der Waals surface area contributed by atoms with Crippen molar-refractivity contribution in [3.05, 3.63) is 0 Å². The molecule has 0 aromatic rings. The molecule has 0 aliphatic carbocycles. The Kier molecular flexibility index (Phi) is 3.61. The molecular formula is C2H3Cl4P. The summed E-state index contributed by atoms with van der Waals surface area (Å²) in [4.78, 5) is 0. The van der Waals surface area contributed by atoms with Gasteiger partial charge in [-0.2, -0.15) is 0 Å². The molecule has 0 amide bonds. The molecule has 0 aliphatic rings. The fourth-order valence-corrected chi connectivity index (χ4v) is 0. The topological polar surface area (TPSA) is 0 Å². The SMILES string of the molecule is PC(Cl)C(Cl)(Cl)Cl. The first kappa shape index (κ1) is 8.59. The van der Waals surface area contributed by atoms with E-state index in [1.807, 2.05) is 0 Å². The van der Waals surface area contributed by atoms with Gasteiger partial charge in [-0.3, -0.25) is 0 Å². The Morgan fingerprint density at radius 3 is 1.43 bits per heavy atom. The molecule has 0 heterocycles. The predicted molar refractivity (Wildman–Crippen MR) is 39.6 cm³/mol. The lowest BCUT2D eigenvalue weighted by Gasteiger charge is -2.11. The molecule has 0 aromatic heterocycles. The van der Waals surface area contributed by atoms with Crippen molar-refractivity contribution in [2.75, 3.05) is 0 Å². The average Bonchev–Trinajstić information content (AvgIpc) is 1.31. The van der Waals surface area contributed by atoms with Crippen molar-refractivity contribution < 1.29 is 0 Å². The highest BCUT2D eigenvalue weighted by molar-refractivity contribution is 7.22. The fourth-order valence-electron chi connectivity index (χ4n) is 0. The molecule has 44 valence electrons. The van der Waals surface area contributed by atoms with Gasteiger partial charge in [0.15, 0.2) is 0 Å². The molecule has 2 atom stereocenters. The summed E-state index contributed by atoms with van der Waals surface area (Å²) in [7, 11) is 2.17. The van der Waals surface area contributed by atoms with Crippen LogP contribution in [0.3, 0.4) is 0 Å². The first-order valence-electron chi connectivity index (χ1n) is 1.41. The number of hydrogen-bond acceptors (Lipinski definition) is 0. The van der Waals surface area contributed by atoms with E-state index in [1.165, 1.54) is 0 Å². The Labute approximate surface area is 64.6 Å². The third kappa shape index (κ3) is 4.12. The lowest BCUT2D eigenvalue weighted by Crippen LogP contribution is -2.11. The summed E-state index contributed by atoms with van der Waals surface area (Å²) >= 11 is 21.1. The van der Waals surface area contributed by atoms with Gasteiger partial charge in [0.05, 0.1) is 5.12 Å². The first-order valence-corrected chi connectivity index (χ1v) is 3.64. The van der Waals surface area contributed by atoms with Crippen molar-refractivity contribution in [1.29, 1.82) is 0 Å². The summed E-state index contributed by atoms with van der Waals surface area (Å²) in [5.41, 5.74) is 0. The standard InChI is InChI=1S/C2H3Cl4P/c3-1(7)2(4,5)6/h1H,7H2. The molecule has 0 radical (unpaired) electrons. The maximum absolute atomic E-state index is 5.32. The van der Waals surface area contributed by atoms with Gasteiger partial charge < -0.3 is 0 Å². The third-order valence-corrected chi connectivity index (χ3v) is 2.81. The van der Waals surface area contributed by atoms with Gasteiger partial charge in [-0.25, -0.2) is 0 Å². The number of hydrogen-bond donors (Lipinski definition) is 0. The second kappa shape index (κ2) is 2.94. The molecule has 0 rings (SSSR count). The van der Waals surface area contributed by atoms with Gasteiger partial charge in [-0.1, -0.05) is 34.8 Å². The Bertz CT molecular complexity index is 55.2. The zero-order valence-corrected chi connectivity index (χ0v) is 7.34. The minimum atomic E-state index is -1.35. The van der Waals surface area contributed by atoms with Gasteiger partial charge in [0.25, 0.3) is 0 Å². The number of halogens is 4. The van der Waals surface area contributed by atoms with Crippen molar-refractivity contribution in [3.63, 3.8) is 0 Å². The van der Waals surface area contributed by atoms with E-state index < -0.39 is 8.91 Å². The van der Waals surface area contributed by atoms with Crippen LogP contribution in [0.15, 0.2) is 0 Å². The van der Waals surface area contributed by atoms with Gasteiger partial charge in [-0.15, -0.1) is 20.8 Å². The fraction of sp³-hybridized carbons (Fsp3) is 1.00. The molecule has 0 nitrogen and oxygen atoms in total. The van der Waals surface area contributed by atoms with Crippen LogP contribution in [0.5, 0.6) is 0 Å². The molecule has 0 saturated heterocycles. The highest BCUT2D eigenvalue weighted by Gasteiger charge is 2.26. The van der Waals surface area contributed by atoms with Gasteiger partial charge in [-0.05, 0) is 0 Å². The van der Waals surface area contributed by atoms with Crippen LogP contribution in [0, 0.1) is 0 Å². The first-order chi connectivity index (χ1) is 2.94. The van der Waals surface area contributed by atoms with Crippen LogP contribution in [-0.4, -0.2) is 8.91 Å². The molecule has 2 unspecified atom stereocenters. The van der Waals surface area contributed by atoms with Crippen LogP contribution >= 0.6 is 55.6 Å². The predicted octanol–water partition coefficient (Wildman–Crippen LogP) is 2.80. The van der Waals surface area contributed by atoms with Crippen molar-refractivity contribution in [2.45, 2.75) is 8.91 Å². The van der Waals surface area contributed by atoms with Crippen LogP contribution < -0.4 is 0 Å². The Balaban J connectivity index is 3.54. The van der Waals surface area contributed by atoms with Crippen molar-refractivity contribution in [3.8, 4) is 0 Å². The van der Waals surface area contributed by atoms with Gasteiger partial charge in [0.2, 0.25) is 3.79 Å². The molecular weight excluding hydrogens is 197 g/mol. The summed E-state index contributed by atoms with van der Waals surface area (Å²) in [6.45, 7) is 0. The number of alkyl halides is 4. The third-order valence-electron chi connectivity index (χ3n) is 0.313. The maximum Gasteiger partial charge on any atom is 0.210 e. The normalized spacial score (nSPS) is 16.7. The second-order valence-electron chi connectivity index (χ2n) is 0.943. The molecule has 7 heavy (non-hydrogen) atoms. The van der Waals surface area contributed by atoms with E-state index in [2.05, 4.69) is 9.24 Å². The largest absolute Gasteiger partial charge is 0.210 e. The molecule has 0 bridgehead atoms. The molecule has 0 saturated carbocycles. The van der Waals surface area contributed by atoms with Crippen LogP contribution in [0.1, 0.15) is 0 Å². The molecule has 5 heteroatoms. The van der Waals surface area contributed by atoms with Crippen molar-refractivity contribution in [1.82, 2.24) is 0 Å². The Morgan fingerprint density at radius 1 is 1.29 bits per heavy atom. The monoisotopic (exact) mass is 198 g/mol. The molecule has 0 aromatic carbocycles.